The van der Waals surface area contributed by atoms with Gasteiger partial charge in [-0.15, -0.1) is 11.3 Å². The van der Waals surface area contributed by atoms with Gasteiger partial charge in [-0.25, -0.2) is 4.98 Å². The summed E-state index contributed by atoms with van der Waals surface area (Å²) >= 11 is 1.62. The average Bonchev–Trinajstić information content (AvgIpc) is 3.11. The lowest BCUT2D eigenvalue weighted by Crippen LogP contribution is -2.22. The van der Waals surface area contributed by atoms with Gasteiger partial charge in [0.2, 0.25) is 0 Å². The van der Waals surface area contributed by atoms with Crippen LogP contribution in [0.4, 0.5) is 11.4 Å². The molecule has 0 spiro atoms. The Balaban J connectivity index is 1.81. The summed E-state index contributed by atoms with van der Waals surface area (Å²) in [7, 11) is 3.51. The standard InChI is InChI=1S/C21H23N5O3S/c1-4-18-23-20-19(14-7-5-6-8-17(14)30-20)21(27)25(18)22-12-13-9-10-15(24(2)3)16(11-13)26(28)29/h9-12H,4-8H2,1-3H3. The molecule has 0 saturated heterocycles. The van der Waals surface area contributed by atoms with Crippen molar-refractivity contribution in [3.63, 3.8) is 0 Å². The van der Waals surface area contributed by atoms with Crippen LogP contribution in [0.3, 0.4) is 0 Å². The second-order valence-electron chi connectivity index (χ2n) is 7.53. The summed E-state index contributed by atoms with van der Waals surface area (Å²) in [4.78, 5) is 32.8. The van der Waals surface area contributed by atoms with Crippen molar-refractivity contribution < 1.29 is 4.92 Å². The number of nitro groups is 1. The van der Waals surface area contributed by atoms with Crippen LogP contribution in [0.25, 0.3) is 10.2 Å². The molecule has 0 amide bonds. The fourth-order valence-electron chi connectivity index (χ4n) is 3.86. The molecule has 8 nitrogen and oxygen atoms in total. The highest BCUT2D eigenvalue weighted by molar-refractivity contribution is 7.18. The Kier molecular flexibility index (Phi) is 5.38. The fourth-order valence-corrected chi connectivity index (χ4v) is 5.13. The predicted molar refractivity (Wildman–Crippen MR) is 120 cm³/mol. The van der Waals surface area contributed by atoms with E-state index in [1.54, 1.807) is 42.5 Å². The predicted octanol–water partition coefficient (Wildman–Crippen LogP) is 3.76. The van der Waals surface area contributed by atoms with E-state index >= 15 is 0 Å². The van der Waals surface area contributed by atoms with Crippen LogP contribution in [0.1, 0.15) is 41.6 Å². The van der Waals surface area contributed by atoms with Gasteiger partial charge in [0.25, 0.3) is 11.2 Å². The van der Waals surface area contributed by atoms with Crippen molar-refractivity contribution in [2.75, 3.05) is 19.0 Å². The van der Waals surface area contributed by atoms with E-state index in [4.69, 9.17) is 4.98 Å². The van der Waals surface area contributed by atoms with Gasteiger partial charge in [0.15, 0.2) is 0 Å². The van der Waals surface area contributed by atoms with Crippen molar-refractivity contribution in [1.82, 2.24) is 9.66 Å². The number of benzene rings is 1. The number of fused-ring (bicyclic) bond motifs is 3. The monoisotopic (exact) mass is 425 g/mol. The first-order valence-corrected chi connectivity index (χ1v) is 10.8. The van der Waals surface area contributed by atoms with E-state index in [1.807, 2.05) is 6.92 Å². The van der Waals surface area contributed by atoms with Crippen molar-refractivity contribution in [2.24, 2.45) is 5.10 Å². The number of hydrogen-bond donors (Lipinski definition) is 0. The maximum absolute atomic E-state index is 13.3. The van der Waals surface area contributed by atoms with Gasteiger partial charge in [-0.3, -0.25) is 14.9 Å². The number of aryl methyl sites for hydroxylation is 3. The van der Waals surface area contributed by atoms with E-state index < -0.39 is 4.92 Å². The minimum Gasteiger partial charge on any atom is -0.372 e. The third-order valence-electron chi connectivity index (χ3n) is 5.35. The Morgan fingerprint density at radius 1 is 1.33 bits per heavy atom. The molecule has 0 N–H and O–H groups in total. The summed E-state index contributed by atoms with van der Waals surface area (Å²) in [5.41, 5.74) is 2.01. The quantitative estimate of drug-likeness (QED) is 0.352. The largest absolute Gasteiger partial charge is 0.372 e. The molecule has 2 aromatic heterocycles. The van der Waals surface area contributed by atoms with Gasteiger partial charge < -0.3 is 4.90 Å². The molecule has 0 aliphatic heterocycles. The van der Waals surface area contributed by atoms with Crippen molar-refractivity contribution in [3.05, 3.63) is 60.5 Å². The molecular formula is C21H23N5O3S. The van der Waals surface area contributed by atoms with Crippen molar-refractivity contribution in [1.29, 1.82) is 0 Å². The molecule has 30 heavy (non-hydrogen) atoms. The van der Waals surface area contributed by atoms with Gasteiger partial charge in [-0.05, 0) is 37.3 Å². The minimum atomic E-state index is -0.415. The zero-order chi connectivity index (χ0) is 21.4. The lowest BCUT2D eigenvalue weighted by molar-refractivity contribution is -0.384. The van der Waals surface area contributed by atoms with Gasteiger partial charge in [0.05, 0.1) is 16.5 Å². The van der Waals surface area contributed by atoms with Crippen LogP contribution in [-0.2, 0) is 19.3 Å². The van der Waals surface area contributed by atoms with Crippen LogP contribution in [0, 0.1) is 10.1 Å². The molecule has 0 unspecified atom stereocenters. The zero-order valence-corrected chi connectivity index (χ0v) is 18.0. The van der Waals surface area contributed by atoms with Crippen LogP contribution in [0.15, 0.2) is 28.1 Å². The van der Waals surface area contributed by atoms with Gasteiger partial charge in [0.1, 0.15) is 16.3 Å². The highest BCUT2D eigenvalue weighted by Gasteiger charge is 2.22. The van der Waals surface area contributed by atoms with Crippen molar-refractivity contribution in [2.45, 2.75) is 39.0 Å². The molecule has 9 heteroatoms. The van der Waals surface area contributed by atoms with Crippen molar-refractivity contribution >= 4 is 39.1 Å². The molecule has 0 radical (unpaired) electrons. The fraction of sp³-hybridized carbons (Fsp3) is 0.381. The molecule has 0 atom stereocenters. The lowest BCUT2D eigenvalue weighted by Gasteiger charge is -2.12. The van der Waals surface area contributed by atoms with Crippen LogP contribution in [0.5, 0.6) is 0 Å². The molecule has 0 bridgehead atoms. The van der Waals surface area contributed by atoms with E-state index in [0.29, 0.717) is 28.9 Å². The first-order chi connectivity index (χ1) is 14.4. The Morgan fingerprint density at radius 3 is 2.80 bits per heavy atom. The van der Waals surface area contributed by atoms with E-state index in [9.17, 15) is 14.9 Å². The second-order valence-corrected chi connectivity index (χ2v) is 8.62. The minimum absolute atomic E-state index is 0.00695. The SMILES string of the molecule is CCc1nc2sc3c(c2c(=O)n1N=Cc1ccc(N(C)C)c([N+](=O)[O-])c1)CCCC3. The highest BCUT2D eigenvalue weighted by Crippen LogP contribution is 2.34. The normalized spacial score (nSPS) is 13.7. The number of nitro benzene ring substituents is 1. The van der Waals surface area contributed by atoms with Gasteiger partial charge >= 0.3 is 0 Å². The van der Waals surface area contributed by atoms with Gasteiger partial charge in [0, 0.05) is 37.0 Å². The molecule has 1 aliphatic rings. The third-order valence-corrected chi connectivity index (χ3v) is 6.54. The molecule has 3 aromatic rings. The molecule has 1 aliphatic carbocycles. The number of rotatable bonds is 5. The van der Waals surface area contributed by atoms with Crippen LogP contribution in [-0.4, -0.2) is 34.9 Å². The summed E-state index contributed by atoms with van der Waals surface area (Å²) < 4.78 is 1.34. The molecule has 2 heterocycles. The molecule has 4 rings (SSSR count). The first-order valence-electron chi connectivity index (χ1n) is 9.97. The number of anilines is 1. The van der Waals surface area contributed by atoms with E-state index in [-0.39, 0.29) is 11.2 Å². The Bertz CT molecular complexity index is 1230. The molecular weight excluding hydrogens is 402 g/mol. The second kappa shape index (κ2) is 7.98. The van der Waals surface area contributed by atoms with Crippen LogP contribution in [0.2, 0.25) is 0 Å². The highest BCUT2D eigenvalue weighted by atomic mass is 32.1. The summed E-state index contributed by atoms with van der Waals surface area (Å²) in [5.74, 6) is 0.585. The van der Waals surface area contributed by atoms with Crippen LogP contribution < -0.4 is 10.5 Å². The number of aromatic nitrogens is 2. The van der Waals surface area contributed by atoms with E-state index in [2.05, 4.69) is 5.10 Å². The molecule has 0 fully saturated rings. The molecule has 1 aromatic carbocycles. The summed E-state index contributed by atoms with van der Waals surface area (Å²) in [5, 5.41) is 16.5. The van der Waals surface area contributed by atoms with Gasteiger partial charge in [-0.2, -0.15) is 9.78 Å². The summed E-state index contributed by atoms with van der Waals surface area (Å²) in [6.07, 6.45) is 6.18. The maximum atomic E-state index is 13.3. The Morgan fingerprint density at radius 2 is 2.10 bits per heavy atom. The molecule has 0 saturated carbocycles. The third kappa shape index (κ3) is 3.49. The van der Waals surface area contributed by atoms with Crippen LogP contribution >= 0.6 is 11.3 Å². The number of thiophene rings is 1. The summed E-state index contributed by atoms with van der Waals surface area (Å²) in [6, 6.07) is 4.90. The number of nitrogens with zero attached hydrogens (tertiary/aromatic N) is 5. The summed E-state index contributed by atoms with van der Waals surface area (Å²) in [6.45, 7) is 1.93. The lowest BCUT2D eigenvalue weighted by atomic mass is 9.97. The first kappa shape index (κ1) is 20.2. The van der Waals surface area contributed by atoms with E-state index in [1.165, 1.54) is 21.8 Å². The Hall–Kier alpha value is -3.07. The average molecular weight is 426 g/mol. The van der Waals surface area contributed by atoms with Crippen molar-refractivity contribution in [3.8, 4) is 0 Å². The smallest absolute Gasteiger partial charge is 0.293 e. The zero-order valence-electron chi connectivity index (χ0n) is 17.2. The topological polar surface area (TPSA) is 93.6 Å². The van der Waals surface area contributed by atoms with Gasteiger partial charge in [-0.1, -0.05) is 13.0 Å². The Labute approximate surface area is 177 Å². The maximum Gasteiger partial charge on any atom is 0.293 e. The van der Waals surface area contributed by atoms with E-state index in [0.717, 1.165) is 36.1 Å². The number of hydrogen-bond acceptors (Lipinski definition) is 7. The molecule has 156 valence electrons.